The van der Waals surface area contributed by atoms with Crippen LogP contribution in [0.5, 0.6) is 5.75 Å². The van der Waals surface area contributed by atoms with E-state index >= 15 is 0 Å². The maximum absolute atomic E-state index is 12.8. The van der Waals surface area contributed by atoms with Crippen molar-refractivity contribution in [1.82, 2.24) is 15.1 Å². The fourth-order valence-electron chi connectivity index (χ4n) is 1.69. The van der Waals surface area contributed by atoms with Gasteiger partial charge in [-0.1, -0.05) is 11.6 Å². The fraction of sp³-hybridized carbons (Fsp3) is 0.286. The zero-order valence-electron chi connectivity index (χ0n) is 11.3. The molecule has 1 amide bonds. The summed E-state index contributed by atoms with van der Waals surface area (Å²) in [6.45, 7) is 1.10. The van der Waals surface area contributed by atoms with E-state index in [1.54, 1.807) is 10.9 Å². The molecule has 21 heavy (non-hydrogen) atoms. The van der Waals surface area contributed by atoms with Crippen molar-refractivity contribution in [2.24, 2.45) is 0 Å². The number of ether oxygens (including phenoxy) is 1. The van der Waals surface area contributed by atoms with Gasteiger partial charge >= 0.3 is 0 Å². The molecule has 0 aliphatic carbocycles. The van der Waals surface area contributed by atoms with Gasteiger partial charge in [0.05, 0.1) is 5.02 Å². The number of carbonyl (C=O) groups excluding carboxylic acids is 1. The molecule has 0 bridgehead atoms. The molecule has 112 valence electrons. The van der Waals surface area contributed by atoms with Gasteiger partial charge in [-0.2, -0.15) is 5.10 Å². The second-order valence-corrected chi connectivity index (χ2v) is 4.74. The molecule has 1 aromatic carbocycles. The Morgan fingerprint density at radius 2 is 2.33 bits per heavy atom. The van der Waals surface area contributed by atoms with Crippen LogP contribution in [-0.4, -0.2) is 28.8 Å². The third-order valence-electron chi connectivity index (χ3n) is 2.70. The van der Waals surface area contributed by atoms with E-state index in [0.29, 0.717) is 6.54 Å². The first-order valence-corrected chi connectivity index (χ1v) is 6.85. The lowest BCUT2D eigenvalue weighted by molar-refractivity contribution is -0.123. The molecule has 1 N–H and O–H groups in total. The highest BCUT2D eigenvalue weighted by Crippen LogP contribution is 2.24. The Bertz CT molecular complexity index is 590. The van der Waals surface area contributed by atoms with Gasteiger partial charge in [-0.25, -0.2) is 4.39 Å². The van der Waals surface area contributed by atoms with Crippen LogP contribution in [0.25, 0.3) is 0 Å². The third kappa shape index (κ3) is 5.07. The van der Waals surface area contributed by atoms with Crippen molar-refractivity contribution >= 4 is 17.5 Å². The topological polar surface area (TPSA) is 56.1 Å². The largest absolute Gasteiger partial charge is 0.482 e. The zero-order valence-corrected chi connectivity index (χ0v) is 12.0. The molecule has 1 heterocycles. The Hall–Kier alpha value is -2.08. The van der Waals surface area contributed by atoms with Gasteiger partial charge in [-0.05, 0) is 30.7 Å². The van der Waals surface area contributed by atoms with E-state index in [9.17, 15) is 9.18 Å². The molecule has 2 aromatic rings. The molecular weight excluding hydrogens is 297 g/mol. The van der Waals surface area contributed by atoms with E-state index in [0.717, 1.165) is 19.0 Å². The summed E-state index contributed by atoms with van der Waals surface area (Å²) in [6.07, 6.45) is 4.34. The lowest BCUT2D eigenvalue weighted by Crippen LogP contribution is -2.30. The van der Waals surface area contributed by atoms with Crippen molar-refractivity contribution in [3.63, 3.8) is 0 Å². The zero-order chi connectivity index (χ0) is 15.1. The second-order valence-electron chi connectivity index (χ2n) is 4.34. The molecule has 5 nitrogen and oxygen atoms in total. The highest BCUT2D eigenvalue weighted by Gasteiger charge is 2.06. The lowest BCUT2D eigenvalue weighted by Gasteiger charge is -2.08. The molecule has 0 aliphatic heterocycles. The average Bonchev–Trinajstić information content (AvgIpc) is 2.96. The molecule has 0 saturated heterocycles. The number of carbonyl (C=O) groups is 1. The molecule has 0 spiro atoms. The van der Waals surface area contributed by atoms with Crippen LogP contribution in [0.4, 0.5) is 4.39 Å². The Morgan fingerprint density at radius 3 is 3.05 bits per heavy atom. The number of nitrogens with zero attached hydrogens (tertiary/aromatic N) is 2. The molecule has 0 aliphatic rings. The van der Waals surface area contributed by atoms with Crippen LogP contribution in [0.15, 0.2) is 36.7 Å². The predicted octanol–water partition coefficient (Wildman–Crippen LogP) is 2.26. The minimum absolute atomic E-state index is 0.140. The molecule has 0 saturated carbocycles. The maximum atomic E-state index is 12.8. The van der Waals surface area contributed by atoms with Crippen LogP contribution < -0.4 is 10.1 Å². The van der Waals surface area contributed by atoms with E-state index in [4.69, 9.17) is 16.3 Å². The molecule has 0 fully saturated rings. The Morgan fingerprint density at radius 1 is 1.48 bits per heavy atom. The number of amides is 1. The predicted molar refractivity (Wildman–Crippen MR) is 76.8 cm³/mol. The minimum atomic E-state index is -0.449. The fourth-order valence-corrected chi connectivity index (χ4v) is 1.91. The third-order valence-corrected chi connectivity index (χ3v) is 2.99. The quantitative estimate of drug-likeness (QED) is 0.798. The van der Waals surface area contributed by atoms with Gasteiger partial charge in [0.15, 0.2) is 6.61 Å². The first kappa shape index (κ1) is 15.3. The van der Waals surface area contributed by atoms with Crippen molar-refractivity contribution in [2.75, 3.05) is 13.2 Å². The van der Waals surface area contributed by atoms with Crippen LogP contribution in [-0.2, 0) is 11.3 Å². The summed E-state index contributed by atoms with van der Waals surface area (Å²) in [5.41, 5.74) is 0. The van der Waals surface area contributed by atoms with Gasteiger partial charge in [-0.15, -0.1) is 0 Å². The van der Waals surface area contributed by atoms with Gasteiger partial charge < -0.3 is 10.1 Å². The highest BCUT2D eigenvalue weighted by atomic mass is 35.5. The van der Waals surface area contributed by atoms with E-state index in [2.05, 4.69) is 10.4 Å². The summed E-state index contributed by atoms with van der Waals surface area (Å²) in [6, 6.07) is 5.60. The molecule has 0 atom stereocenters. The van der Waals surface area contributed by atoms with Crippen LogP contribution >= 0.6 is 11.6 Å². The smallest absolute Gasteiger partial charge is 0.257 e. The van der Waals surface area contributed by atoms with Crippen molar-refractivity contribution in [3.8, 4) is 5.75 Å². The molecular formula is C14H15ClFN3O2. The van der Waals surface area contributed by atoms with Crippen molar-refractivity contribution in [1.29, 1.82) is 0 Å². The minimum Gasteiger partial charge on any atom is -0.482 e. The summed E-state index contributed by atoms with van der Waals surface area (Å²) in [7, 11) is 0. The number of benzene rings is 1. The number of hydrogen-bond donors (Lipinski definition) is 1. The van der Waals surface area contributed by atoms with Crippen molar-refractivity contribution in [2.45, 2.75) is 13.0 Å². The van der Waals surface area contributed by atoms with Crippen LogP contribution in [0.2, 0.25) is 5.02 Å². The SMILES string of the molecule is O=C(COc1ccc(F)cc1Cl)NCCCn1cccn1. The van der Waals surface area contributed by atoms with E-state index in [1.165, 1.54) is 12.1 Å². The first-order chi connectivity index (χ1) is 10.1. The molecule has 0 radical (unpaired) electrons. The molecule has 1 aromatic heterocycles. The monoisotopic (exact) mass is 311 g/mol. The summed E-state index contributed by atoms with van der Waals surface area (Å²) in [4.78, 5) is 11.6. The van der Waals surface area contributed by atoms with E-state index < -0.39 is 5.82 Å². The number of halogens is 2. The Balaban J connectivity index is 1.65. The number of hydrogen-bond acceptors (Lipinski definition) is 3. The average molecular weight is 312 g/mol. The van der Waals surface area contributed by atoms with Crippen LogP contribution in [0, 0.1) is 5.82 Å². The summed E-state index contributed by atoms with van der Waals surface area (Å²) < 4.78 is 19.9. The van der Waals surface area contributed by atoms with Crippen molar-refractivity contribution in [3.05, 3.63) is 47.5 Å². The Kier molecular flexibility index (Phi) is 5.57. The van der Waals surface area contributed by atoms with Gasteiger partial charge in [0.25, 0.3) is 5.91 Å². The number of rotatable bonds is 7. The number of aromatic nitrogens is 2. The van der Waals surface area contributed by atoms with Gasteiger partial charge in [0, 0.05) is 25.5 Å². The normalized spacial score (nSPS) is 10.4. The van der Waals surface area contributed by atoms with Crippen molar-refractivity contribution < 1.29 is 13.9 Å². The molecule has 0 unspecified atom stereocenters. The van der Waals surface area contributed by atoms with Gasteiger partial charge in [0.2, 0.25) is 0 Å². The number of aryl methyl sites for hydroxylation is 1. The summed E-state index contributed by atoms with van der Waals surface area (Å²) in [5.74, 6) is -0.420. The maximum Gasteiger partial charge on any atom is 0.257 e. The van der Waals surface area contributed by atoms with Gasteiger partial charge in [-0.3, -0.25) is 9.48 Å². The standard InChI is InChI=1S/C14H15ClFN3O2/c15-12-9-11(16)3-4-13(12)21-10-14(20)17-5-1-7-19-8-2-6-18-19/h2-4,6,8-9H,1,5,7,10H2,(H,17,20). The molecule has 7 heteroatoms. The Labute approximate surface area is 126 Å². The summed E-state index contributed by atoms with van der Waals surface area (Å²) >= 11 is 5.79. The first-order valence-electron chi connectivity index (χ1n) is 6.47. The number of nitrogens with one attached hydrogen (secondary N) is 1. The van der Waals surface area contributed by atoms with Gasteiger partial charge in [0.1, 0.15) is 11.6 Å². The van der Waals surface area contributed by atoms with Crippen LogP contribution in [0.1, 0.15) is 6.42 Å². The second kappa shape index (κ2) is 7.64. The van der Waals surface area contributed by atoms with E-state index in [1.807, 2.05) is 12.3 Å². The molecule has 2 rings (SSSR count). The van der Waals surface area contributed by atoms with E-state index in [-0.39, 0.29) is 23.3 Å². The highest BCUT2D eigenvalue weighted by molar-refractivity contribution is 6.32. The summed E-state index contributed by atoms with van der Waals surface area (Å²) in [5, 5.41) is 6.92. The lowest BCUT2D eigenvalue weighted by atomic mass is 10.3. The van der Waals surface area contributed by atoms with Crippen LogP contribution in [0.3, 0.4) is 0 Å².